The van der Waals surface area contributed by atoms with E-state index in [1.807, 2.05) is 12.1 Å². The monoisotopic (exact) mass is 242 g/mol. The zero-order chi connectivity index (χ0) is 13.2. The summed E-state index contributed by atoms with van der Waals surface area (Å²) in [4.78, 5) is 15.4. The Kier molecular flexibility index (Phi) is 3.23. The molecule has 4 heteroatoms. The maximum Gasteiger partial charge on any atom is 0.173 e. The molecule has 1 aliphatic rings. The smallest absolute Gasteiger partial charge is 0.173 e. The molecule has 0 amide bonds. The number of carbonyl (C=O) groups excluding carboxylic acids is 1. The number of hydrogen-bond acceptors (Lipinski definition) is 4. The molecule has 3 rings (SSSR count). The number of rotatable bonds is 1. The molecule has 92 valence electrons. The minimum absolute atomic E-state index is 0.561. The molecule has 18 heavy (non-hydrogen) atoms. The van der Waals surface area contributed by atoms with Gasteiger partial charge >= 0.3 is 0 Å². The summed E-state index contributed by atoms with van der Waals surface area (Å²) >= 11 is 0. The summed E-state index contributed by atoms with van der Waals surface area (Å²) in [5.74, 6) is 0. The van der Waals surface area contributed by atoms with E-state index in [1.165, 1.54) is 7.05 Å². The first-order chi connectivity index (χ1) is 8.77. The van der Waals surface area contributed by atoms with Gasteiger partial charge in [-0.1, -0.05) is 30.3 Å². The van der Waals surface area contributed by atoms with E-state index in [1.54, 1.807) is 30.5 Å². The first-order valence-electron chi connectivity index (χ1n) is 5.59. The molecule has 4 nitrogen and oxygen atoms in total. The van der Waals surface area contributed by atoms with E-state index in [4.69, 9.17) is 0 Å². The third-order valence-corrected chi connectivity index (χ3v) is 2.98. The van der Waals surface area contributed by atoms with Crippen molar-refractivity contribution in [3.8, 4) is 11.3 Å². The highest BCUT2D eigenvalue weighted by molar-refractivity contribution is 5.88. The van der Waals surface area contributed by atoms with E-state index in [0.29, 0.717) is 23.1 Å². The van der Waals surface area contributed by atoms with Crippen LogP contribution in [-0.2, 0) is 10.4 Å². The quantitative estimate of drug-likeness (QED) is 0.733. The second-order valence-corrected chi connectivity index (χ2v) is 3.83. The minimum Gasteiger partial charge on any atom is -0.373 e. The number of aromatic nitrogens is 1. The maximum atomic E-state index is 11.2. The van der Waals surface area contributed by atoms with Gasteiger partial charge in [0.25, 0.3) is 0 Å². The lowest BCUT2D eigenvalue weighted by Crippen LogP contribution is -2.26. The highest BCUT2D eigenvalue weighted by Crippen LogP contribution is 2.44. The summed E-state index contributed by atoms with van der Waals surface area (Å²) < 4.78 is 0. The molecule has 2 aromatic rings. The first kappa shape index (κ1) is 12.4. The van der Waals surface area contributed by atoms with Crippen LogP contribution >= 0.6 is 0 Å². The van der Waals surface area contributed by atoms with Crippen LogP contribution in [0.3, 0.4) is 0 Å². The fraction of sp³-hybridized carbons (Fsp3) is 0.143. The normalized spacial score (nSPS) is 19.3. The predicted octanol–water partition coefficient (Wildman–Crippen LogP) is 1.07. The molecule has 0 aliphatic heterocycles. The van der Waals surface area contributed by atoms with E-state index >= 15 is 0 Å². The zero-order valence-corrected chi connectivity index (χ0v) is 10.00. The standard InChI is InChI=1S/C13H9NO2.CH5N/c15-8-13(16)10-5-2-1-4-9(10)12-11(13)6-3-7-14-12;1-2/h1-8,16H;2H2,1H3. The summed E-state index contributed by atoms with van der Waals surface area (Å²) in [6, 6.07) is 10.7. The summed E-state index contributed by atoms with van der Waals surface area (Å²) in [6.07, 6.45) is 2.23. The summed E-state index contributed by atoms with van der Waals surface area (Å²) in [6.45, 7) is 0. The van der Waals surface area contributed by atoms with Gasteiger partial charge in [0.05, 0.1) is 5.69 Å². The first-order valence-corrected chi connectivity index (χ1v) is 5.59. The van der Waals surface area contributed by atoms with Gasteiger partial charge in [-0.25, -0.2) is 0 Å². The Hall–Kier alpha value is -2.04. The van der Waals surface area contributed by atoms with E-state index in [0.717, 1.165) is 5.56 Å². The molecule has 0 bridgehead atoms. The summed E-state index contributed by atoms with van der Waals surface area (Å²) in [7, 11) is 1.50. The lowest BCUT2D eigenvalue weighted by Gasteiger charge is -2.17. The highest BCUT2D eigenvalue weighted by atomic mass is 16.3. The second-order valence-electron chi connectivity index (χ2n) is 3.83. The van der Waals surface area contributed by atoms with Crippen molar-refractivity contribution in [2.75, 3.05) is 7.05 Å². The van der Waals surface area contributed by atoms with Crippen molar-refractivity contribution in [2.24, 2.45) is 5.73 Å². The van der Waals surface area contributed by atoms with Gasteiger partial charge in [-0.15, -0.1) is 0 Å². The molecule has 1 aliphatic carbocycles. The lowest BCUT2D eigenvalue weighted by atomic mass is 9.94. The molecule has 0 saturated carbocycles. The number of aliphatic hydroxyl groups is 1. The third kappa shape index (κ3) is 1.54. The van der Waals surface area contributed by atoms with Gasteiger partial charge in [0, 0.05) is 22.9 Å². The van der Waals surface area contributed by atoms with Crippen LogP contribution in [0.4, 0.5) is 0 Å². The van der Waals surface area contributed by atoms with Crippen LogP contribution in [-0.4, -0.2) is 23.4 Å². The number of aldehydes is 1. The Balaban J connectivity index is 0.000000574. The fourth-order valence-electron chi connectivity index (χ4n) is 2.22. The Bertz CT molecular complexity index is 536. The van der Waals surface area contributed by atoms with E-state index in [2.05, 4.69) is 10.7 Å². The van der Waals surface area contributed by atoms with Crippen molar-refractivity contribution in [3.05, 3.63) is 53.7 Å². The third-order valence-electron chi connectivity index (χ3n) is 2.98. The molecular formula is C14H14N2O2. The fourth-order valence-corrected chi connectivity index (χ4v) is 2.22. The Morgan fingerprint density at radius 2 is 1.83 bits per heavy atom. The lowest BCUT2D eigenvalue weighted by molar-refractivity contribution is -0.120. The summed E-state index contributed by atoms with van der Waals surface area (Å²) in [5.41, 5.74) is 5.64. The number of hydrogen-bond donors (Lipinski definition) is 2. The van der Waals surface area contributed by atoms with Gasteiger partial charge in [0.1, 0.15) is 0 Å². The molecular weight excluding hydrogens is 228 g/mol. The van der Waals surface area contributed by atoms with Gasteiger partial charge in [0.2, 0.25) is 0 Å². The molecule has 1 unspecified atom stereocenters. The van der Waals surface area contributed by atoms with E-state index in [9.17, 15) is 9.90 Å². The SMILES string of the molecule is CN.O=CC1(O)c2ccccc2-c2ncccc21. The van der Waals surface area contributed by atoms with E-state index < -0.39 is 5.60 Å². The average Bonchev–Trinajstić information content (AvgIpc) is 2.73. The molecule has 0 saturated heterocycles. The van der Waals surface area contributed by atoms with Crippen LogP contribution in [0.5, 0.6) is 0 Å². The van der Waals surface area contributed by atoms with Crippen LogP contribution < -0.4 is 5.73 Å². The maximum absolute atomic E-state index is 11.2. The van der Waals surface area contributed by atoms with Crippen molar-refractivity contribution < 1.29 is 9.90 Å². The Labute approximate surface area is 105 Å². The van der Waals surface area contributed by atoms with Crippen LogP contribution in [0.1, 0.15) is 11.1 Å². The number of nitrogens with two attached hydrogens (primary N) is 1. The van der Waals surface area contributed by atoms with Gasteiger partial charge < -0.3 is 10.8 Å². The van der Waals surface area contributed by atoms with Crippen molar-refractivity contribution in [1.82, 2.24) is 4.98 Å². The average molecular weight is 242 g/mol. The van der Waals surface area contributed by atoms with Gasteiger partial charge in [-0.3, -0.25) is 9.78 Å². The Morgan fingerprint density at radius 3 is 2.56 bits per heavy atom. The minimum atomic E-state index is -1.54. The zero-order valence-electron chi connectivity index (χ0n) is 10.00. The molecule has 1 aromatic carbocycles. The molecule has 0 fully saturated rings. The number of benzene rings is 1. The van der Waals surface area contributed by atoms with E-state index in [-0.39, 0.29) is 0 Å². The largest absolute Gasteiger partial charge is 0.373 e. The van der Waals surface area contributed by atoms with Crippen molar-refractivity contribution >= 4 is 6.29 Å². The van der Waals surface area contributed by atoms with Gasteiger partial charge in [0.15, 0.2) is 11.9 Å². The topological polar surface area (TPSA) is 76.2 Å². The number of carbonyl (C=O) groups is 1. The van der Waals surface area contributed by atoms with Crippen molar-refractivity contribution in [3.63, 3.8) is 0 Å². The van der Waals surface area contributed by atoms with Gasteiger partial charge in [-0.05, 0) is 13.1 Å². The van der Waals surface area contributed by atoms with Crippen LogP contribution in [0.2, 0.25) is 0 Å². The molecule has 1 aromatic heterocycles. The van der Waals surface area contributed by atoms with Crippen LogP contribution in [0, 0.1) is 0 Å². The van der Waals surface area contributed by atoms with Crippen LogP contribution in [0.15, 0.2) is 42.6 Å². The predicted molar refractivity (Wildman–Crippen MR) is 68.8 cm³/mol. The number of pyridine rings is 1. The molecule has 1 atom stereocenters. The Morgan fingerprint density at radius 1 is 1.17 bits per heavy atom. The molecule has 0 spiro atoms. The van der Waals surface area contributed by atoms with Crippen LogP contribution in [0.25, 0.3) is 11.3 Å². The number of fused-ring (bicyclic) bond motifs is 3. The van der Waals surface area contributed by atoms with Crippen molar-refractivity contribution in [2.45, 2.75) is 5.60 Å². The second kappa shape index (κ2) is 4.68. The van der Waals surface area contributed by atoms with Gasteiger partial charge in [-0.2, -0.15) is 0 Å². The molecule has 1 heterocycles. The van der Waals surface area contributed by atoms with Crippen molar-refractivity contribution in [1.29, 1.82) is 0 Å². The molecule has 3 N–H and O–H groups in total. The molecule has 0 radical (unpaired) electrons. The summed E-state index contributed by atoms with van der Waals surface area (Å²) in [5, 5.41) is 10.4. The highest BCUT2D eigenvalue weighted by Gasteiger charge is 2.41. The number of nitrogens with zero attached hydrogens (tertiary/aromatic N) is 1.